The van der Waals surface area contributed by atoms with E-state index in [1.807, 2.05) is 56.4 Å². The van der Waals surface area contributed by atoms with Crippen molar-refractivity contribution in [3.63, 3.8) is 0 Å². The summed E-state index contributed by atoms with van der Waals surface area (Å²) in [7, 11) is 1.98. The first kappa shape index (κ1) is 13.5. The molecule has 0 bridgehead atoms. The van der Waals surface area contributed by atoms with Gasteiger partial charge >= 0.3 is 0 Å². The minimum absolute atomic E-state index is 0.699. The Morgan fingerprint density at radius 3 is 2.68 bits per heavy atom. The highest BCUT2D eigenvalue weighted by atomic mass is 35.5. The molecule has 0 saturated heterocycles. The van der Waals surface area contributed by atoms with Gasteiger partial charge in [0.25, 0.3) is 0 Å². The minimum Gasteiger partial charge on any atom is -0.369 e. The molecule has 2 aromatic rings. The van der Waals surface area contributed by atoms with Crippen molar-refractivity contribution in [3.05, 3.63) is 64.2 Å². The summed E-state index contributed by atoms with van der Waals surface area (Å²) in [5, 5.41) is 9.94. The molecule has 96 valence electrons. The summed E-state index contributed by atoms with van der Waals surface area (Å²) in [5.41, 5.74) is 3.86. The van der Waals surface area contributed by atoms with Crippen LogP contribution in [0, 0.1) is 18.3 Å². The Balaban J connectivity index is 2.25. The first-order chi connectivity index (χ1) is 9.10. The molecule has 0 radical (unpaired) electrons. The summed E-state index contributed by atoms with van der Waals surface area (Å²) in [6, 6.07) is 15.9. The average molecular weight is 271 g/mol. The molecular weight excluding hydrogens is 256 g/mol. The molecule has 0 unspecified atom stereocenters. The molecule has 0 aromatic heterocycles. The molecule has 0 saturated carbocycles. The van der Waals surface area contributed by atoms with E-state index >= 15 is 0 Å². The summed E-state index contributed by atoms with van der Waals surface area (Å²) in [6.07, 6.45) is 0. The van der Waals surface area contributed by atoms with E-state index in [9.17, 15) is 5.26 Å². The highest BCUT2D eigenvalue weighted by molar-refractivity contribution is 6.30. The Hall–Kier alpha value is -1.98. The van der Waals surface area contributed by atoms with Crippen LogP contribution in [-0.4, -0.2) is 7.05 Å². The van der Waals surface area contributed by atoms with E-state index in [-0.39, 0.29) is 0 Å². The van der Waals surface area contributed by atoms with Gasteiger partial charge in [-0.3, -0.25) is 0 Å². The fourth-order valence-electron chi connectivity index (χ4n) is 2.07. The van der Waals surface area contributed by atoms with Crippen molar-refractivity contribution in [1.82, 2.24) is 0 Å². The van der Waals surface area contributed by atoms with Gasteiger partial charge in [-0.25, -0.2) is 0 Å². The predicted octanol–water partition coefficient (Wildman–Crippen LogP) is 4.16. The van der Waals surface area contributed by atoms with E-state index in [1.54, 1.807) is 0 Å². The van der Waals surface area contributed by atoms with E-state index in [4.69, 9.17) is 11.6 Å². The molecule has 0 aliphatic heterocycles. The van der Waals surface area contributed by atoms with Gasteiger partial charge in [0.05, 0.1) is 11.3 Å². The van der Waals surface area contributed by atoms with Crippen LogP contribution in [0.5, 0.6) is 0 Å². The summed E-state index contributed by atoms with van der Waals surface area (Å²) in [5.74, 6) is 0. The third-order valence-corrected chi connectivity index (χ3v) is 3.23. The van der Waals surface area contributed by atoms with Crippen LogP contribution in [0.15, 0.2) is 42.5 Å². The van der Waals surface area contributed by atoms with E-state index in [2.05, 4.69) is 11.0 Å². The topological polar surface area (TPSA) is 27.0 Å². The molecule has 0 atom stereocenters. The molecule has 0 heterocycles. The van der Waals surface area contributed by atoms with Crippen molar-refractivity contribution in [3.8, 4) is 6.07 Å². The maximum atomic E-state index is 9.20. The first-order valence-corrected chi connectivity index (χ1v) is 6.44. The van der Waals surface area contributed by atoms with E-state index < -0.39 is 0 Å². The fraction of sp³-hybridized carbons (Fsp3) is 0.188. The monoisotopic (exact) mass is 270 g/mol. The summed E-state index contributed by atoms with van der Waals surface area (Å²) >= 11 is 5.98. The van der Waals surface area contributed by atoms with Gasteiger partial charge in [0.2, 0.25) is 0 Å². The van der Waals surface area contributed by atoms with Crippen LogP contribution in [0.3, 0.4) is 0 Å². The number of anilines is 1. The second kappa shape index (κ2) is 5.77. The van der Waals surface area contributed by atoms with Crippen LogP contribution in [0.4, 0.5) is 5.69 Å². The molecular formula is C16H15ClN2. The van der Waals surface area contributed by atoms with Crippen LogP contribution >= 0.6 is 11.6 Å². The van der Waals surface area contributed by atoms with Crippen molar-refractivity contribution < 1.29 is 0 Å². The van der Waals surface area contributed by atoms with Gasteiger partial charge in [0.1, 0.15) is 6.07 Å². The molecule has 0 N–H and O–H groups in total. The second-order valence-electron chi connectivity index (χ2n) is 4.62. The molecule has 0 fully saturated rings. The molecule has 0 aliphatic carbocycles. The molecule has 0 spiro atoms. The number of aryl methyl sites for hydroxylation is 1. The smallest absolute Gasteiger partial charge is 0.101 e. The van der Waals surface area contributed by atoms with Gasteiger partial charge < -0.3 is 4.90 Å². The quantitative estimate of drug-likeness (QED) is 0.837. The average Bonchev–Trinajstić information content (AvgIpc) is 2.38. The zero-order chi connectivity index (χ0) is 13.8. The van der Waals surface area contributed by atoms with Gasteiger partial charge in [0, 0.05) is 18.6 Å². The number of nitrogens with zero attached hydrogens (tertiary/aromatic N) is 2. The maximum absolute atomic E-state index is 9.20. The minimum atomic E-state index is 0.699. The van der Waals surface area contributed by atoms with Gasteiger partial charge in [-0.05, 0) is 42.3 Å². The van der Waals surface area contributed by atoms with Crippen molar-refractivity contribution in [2.45, 2.75) is 13.5 Å². The number of halogens is 1. The van der Waals surface area contributed by atoms with Crippen LogP contribution in [0.25, 0.3) is 0 Å². The van der Waals surface area contributed by atoms with Crippen LogP contribution < -0.4 is 4.90 Å². The fourth-order valence-corrected chi connectivity index (χ4v) is 2.28. The zero-order valence-electron chi connectivity index (χ0n) is 11.0. The van der Waals surface area contributed by atoms with Crippen molar-refractivity contribution in [1.29, 1.82) is 5.26 Å². The Morgan fingerprint density at radius 2 is 2.00 bits per heavy atom. The lowest BCUT2D eigenvalue weighted by molar-refractivity contribution is 0.920. The Labute approximate surface area is 118 Å². The zero-order valence-corrected chi connectivity index (χ0v) is 11.8. The molecule has 2 aromatic carbocycles. The highest BCUT2D eigenvalue weighted by Gasteiger charge is 2.08. The van der Waals surface area contributed by atoms with Gasteiger partial charge in [-0.2, -0.15) is 5.26 Å². The molecule has 0 aliphatic rings. The second-order valence-corrected chi connectivity index (χ2v) is 5.05. The third kappa shape index (κ3) is 3.27. The highest BCUT2D eigenvalue weighted by Crippen LogP contribution is 2.22. The van der Waals surface area contributed by atoms with Crippen molar-refractivity contribution in [2.24, 2.45) is 0 Å². The molecule has 0 amide bonds. The van der Waals surface area contributed by atoms with E-state index in [0.29, 0.717) is 5.56 Å². The van der Waals surface area contributed by atoms with Crippen molar-refractivity contribution in [2.75, 3.05) is 11.9 Å². The van der Waals surface area contributed by atoms with Gasteiger partial charge in [-0.1, -0.05) is 29.8 Å². The standard InChI is InChI=1S/C16H15ClN2/c1-12-6-7-16(14(8-12)10-18)19(2)11-13-4-3-5-15(17)9-13/h3-9H,11H2,1-2H3. The number of hydrogen-bond acceptors (Lipinski definition) is 2. The SMILES string of the molecule is Cc1ccc(N(C)Cc2cccc(Cl)c2)c(C#N)c1. The predicted molar refractivity (Wildman–Crippen MR) is 79.5 cm³/mol. The van der Waals surface area contributed by atoms with Crippen LogP contribution in [-0.2, 0) is 6.54 Å². The molecule has 2 nitrogen and oxygen atoms in total. The Bertz CT molecular complexity index is 629. The largest absolute Gasteiger partial charge is 0.369 e. The molecule has 3 heteroatoms. The maximum Gasteiger partial charge on any atom is 0.101 e. The number of hydrogen-bond donors (Lipinski definition) is 0. The summed E-state index contributed by atoms with van der Waals surface area (Å²) < 4.78 is 0. The summed E-state index contributed by atoms with van der Waals surface area (Å²) in [6.45, 7) is 2.71. The Kier molecular flexibility index (Phi) is 4.09. The van der Waals surface area contributed by atoms with Crippen molar-refractivity contribution >= 4 is 17.3 Å². The summed E-state index contributed by atoms with van der Waals surface area (Å²) in [4.78, 5) is 2.06. The van der Waals surface area contributed by atoms with Crippen LogP contribution in [0.2, 0.25) is 5.02 Å². The lowest BCUT2D eigenvalue weighted by Gasteiger charge is -2.21. The molecule has 19 heavy (non-hydrogen) atoms. The van der Waals surface area contributed by atoms with Gasteiger partial charge in [0.15, 0.2) is 0 Å². The normalized spacial score (nSPS) is 10.0. The lowest BCUT2D eigenvalue weighted by atomic mass is 10.1. The van der Waals surface area contributed by atoms with E-state index in [0.717, 1.165) is 28.4 Å². The number of nitriles is 1. The van der Waals surface area contributed by atoms with E-state index in [1.165, 1.54) is 0 Å². The Morgan fingerprint density at radius 1 is 1.21 bits per heavy atom. The third-order valence-electron chi connectivity index (χ3n) is 2.99. The van der Waals surface area contributed by atoms with Gasteiger partial charge in [-0.15, -0.1) is 0 Å². The first-order valence-electron chi connectivity index (χ1n) is 6.06. The molecule has 2 rings (SSSR count). The van der Waals surface area contributed by atoms with Crippen LogP contribution in [0.1, 0.15) is 16.7 Å². The number of rotatable bonds is 3. The lowest BCUT2D eigenvalue weighted by Crippen LogP contribution is -2.17. The number of benzene rings is 2.